The van der Waals surface area contributed by atoms with E-state index >= 15 is 0 Å². The molecule has 0 N–H and O–H groups in total. The number of benzene rings is 1. The molecule has 1 aliphatic heterocycles. The van der Waals surface area contributed by atoms with E-state index in [1.165, 1.54) is 18.2 Å². The van der Waals surface area contributed by atoms with Crippen molar-refractivity contribution in [1.82, 2.24) is 0 Å². The molecule has 0 spiro atoms. The second-order valence-corrected chi connectivity index (χ2v) is 3.27. The first kappa shape index (κ1) is 10.1. The van der Waals surface area contributed by atoms with Gasteiger partial charge in [-0.25, -0.2) is 0 Å². The van der Waals surface area contributed by atoms with Crippen LogP contribution in [0.1, 0.15) is 12.0 Å². The number of ether oxygens (including phenoxy) is 2. The lowest BCUT2D eigenvalue weighted by atomic mass is 10.1. The molecule has 5 heteroatoms. The minimum atomic E-state index is -4.64. The van der Waals surface area contributed by atoms with Crippen LogP contribution in [0.2, 0.25) is 0 Å². The molecule has 1 aliphatic rings. The van der Waals surface area contributed by atoms with Gasteiger partial charge in [-0.2, -0.15) is 0 Å². The minimum Gasteiger partial charge on any atom is -0.493 e. The van der Waals surface area contributed by atoms with Crippen molar-refractivity contribution in [1.29, 1.82) is 0 Å². The van der Waals surface area contributed by atoms with E-state index in [2.05, 4.69) is 4.74 Å². The number of aryl methyl sites for hydroxylation is 1. The van der Waals surface area contributed by atoms with Crippen molar-refractivity contribution in [3.05, 3.63) is 23.8 Å². The van der Waals surface area contributed by atoms with Crippen LogP contribution in [0.4, 0.5) is 13.2 Å². The Morgan fingerprint density at radius 1 is 1.27 bits per heavy atom. The Morgan fingerprint density at radius 2 is 2.07 bits per heavy atom. The Balaban J connectivity index is 2.21. The summed E-state index contributed by atoms with van der Waals surface area (Å²) in [6.45, 7) is 0.618. The third-order valence-corrected chi connectivity index (χ3v) is 2.11. The van der Waals surface area contributed by atoms with E-state index in [-0.39, 0.29) is 5.75 Å². The summed E-state index contributed by atoms with van der Waals surface area (Å²) in [4.78, 5) is 0. The summed E-state index contributed by atoms with van der Waals surface area (Å²) in [7, 11) is 0. The molecule has 15 heavy (non-hydrogen) atoms. The van der Waals surface area contributed by atoms with Crippen LogP contribution < -0.4 is 9.47 Å². The monoisotopic (exact) mass is 218 g/mol. The van der Waals surface area contributed by atoms with Crippen LogP contribution in [-0.2, 0) is 6.42 Å². The van der Waals surface area contributed by atoms with Gasteiger partial charge in [-0.15, -0.1) is 13.2 Å². The summed E-state index contributed by atoms with van der Waals surface area (Å²) >= 11 is 0. The summed E-state index contributed by atoms with van der Waals surface area (Å²) in [5.41, 5.74) is 0.767. The van der Waals surface area contributed by atoms with Crippen LogP contribution in [0.5, 0.6) is 11.5 Å². The van der Waals surface area contributed by atoms with E-state index in [9.17, 15) is 13.2 Å². The molecule has 0 aromatic heterocycles. The SMILES string of the molecule is FC(F)(F)Oc1ccc2c(c1)CCCO2. The van der Waals surface area contributed by atoms with Gasteiger partial charge in [0.25, 0.3) is 0 Å². The number of fused-ring (bicyclic) bond motifs is 1. The van der Waals surface area contributed by atoms with E-state index in [4.69, 9.17) is 4.74 Å². The number of halogens is 3. The minimum absolute atomic E-state index is 0.188. The third-order valence-electron chi connectivity index (χ3n) is 2.11. The zero-order chi connectivity index (χ0) is 10.9. The van der Waals surface area contributed by atoms with Gasteiger partial charge in [0.05, 0.1) is 6.61 Å². The normalized spacial score (nSPS) is 15.4. The molecule has 0 atom stereocenters. The maximum absolute atomic E-state index is 11.9. The topological polar surface area (TPSA) is 18.5 Å². The van der Waals surface area contributed by atoms with E-state index in [0.29, 0.717) is 12.4 Å². The largest absolute Gasteiger partial charge is 0.573 e. The van der Waals surface area contributed by atoms with Gasteiger partial charge in [0, 0.05) is 0 Å². The molecule has 0 radical (unpaired) electrons. The zero-order valence-corrected chi connectivity index (χ0v) is 7.80. The van der Waals surface area contributed by atoms with Gasteiger partial charge in [-0.1, -0.05) is 0 Å². The van der Waals surface area contributed by atoms with E-state index in [0.717, 1.165) is 18.4 Å². The van der Waals surface area contributed by atoms with Crippen LogP contribution in [0, 0.1) is 0 Å². The summed E-state index contributed by atoms with van der Waals surface area (Å²) in [6, 6.07) is 4.15. The second-order valence-electron chi connectivity index (χ2n) is 3.27. The van der Waals surface area contributed by atoms with Crippen molar-refractivity contribution in [2.45, 2.75) is 19.2 Å². The van der Waals surface area contributed by atoms with E-state index in [1.54, 1.807) is 0 Å². The number of hydrogen-bond donors (Lipinski definition) is 0. The van der Waals surface area contributed by atoms with Gasteiger partial charge in [0.15, 0.2) is 0 Å². The number of hydrogen-bond acceptors (Lipinski definition) is 2. The molecule has 0 saturated carbocycles. The van der Waals surface area contributed by atoms with Crippen molar-refractivity contribution >= 4 is 0 Å². The van der Waals surface area contributed by atoms with Crippen LogP contribution in [-0.4, -0.2) is 13.0 Å². The maximum Gasteiger partial charge on any atom is 0.573 e. The van der Waals surface area contributed by atoms with Crippen molar-refractivity contribution in [3.8, 4) is 11.5 Å². The lowest BCUT2D eigenvalue weighted by Crippen LogP contribution is -2.17. The summed E-state index contributed by atoms with van der Waals surface area (Å²) < 4.78 is 44.8. The molecular formula is C10H9F3O2. The molecule has 1 heterocycles. The Bertz CT molecular complexity index is 360. The highest BCUT2D eigenvalue weighted by Gasteiger charge is 2.31. The average molecular weight is 218 g/mol. The van der Waals surface area contributed by atoms with Gasteiger partial charge in [0.1, 0.15) is 11.5 Å². The summed E-state index contributed by atoms with van der Waals surface area (Å²) in [6.07, 6.45) is -3.09. The number of rotatable bonds is 1. The molecule has 0 bridgehead atoms. The fourth-order valence-corrected chi connectivity index (χ4v) is 1.53. The summed E-state index contributed by atoms with van der Waals surface area (Å²) in [5.74, 6) is 0.461. The van der Waals surface area contributed by atoms with Crippen LogP contribution in [0.3, 0.4) is 0 Å². The molecule has 0 saturated heterocycles. The Hall–Kier alpha value is -1.39. The molecule has 2 rings (SSSR count). The first-order valence-corrected chi connectivity index (χ1v) is 4.56. The average Bonchev–Trinajstić information content (AvgIpc) is 2.15. The fraction of sp³-hybridized carbons (Fsp3) is 0.400. The molecular weight excluding hydrogens is 209 g/mol. The predicted molar refractivity (Wildman–Crippen MR) is 46.9 cm³/mol. The molecule has 0 aliphatic carbocycles. The van der Waals surface area contributed by atoms with Crippen molar-refractivity contribution in [2.24, 2.45) is 0 Å². The molecule has 82 valence electrons. The lowest BCUT2D eigenvalue weighted by molar-refractivity contribution is -0.274. The Kier molecular flexibility index (Phi) is 2.46. The smallest absolute Gasteiger partial charge is 0.493 e. The van der Waals surface area contributed by atoms with Gasteiger partial charge in [0.2, 0.25) is 0 Å². The van der Waals surface area contributed by atoms with Crippen LogP contribution in [0.25, 0.3) is 0 Å². The lowest BCUT2D eigenvalue weighted by Gasteiger charge is -2.18. The Labute approximate surface area is 84.6 Å². The van der Waals surface area contributed by atoms with Gasteiger partial charge in [-0.3, -0.25) is 0 Å². The first-order chi connectivity index (χ1) is 7.04. The summed E-state index contributed by atoms with van der Waals surface area (Å²) in [5, 5.41) is 0. The van der Waals surface area contributed by atoms with E-state index < -0.39 is 6.36 Å². The standard InChI is InChI=1S/C10H9F3O2/c11-10(12,13)15-8-3-4-9-7(6-8)2-1-5-14-9/h3-4,6H,1-2,5H2. The van der Waals surface area contributed by atoms with Gasteiger partial charge < -0.3 is 9.47 Å². The molecule has 0 unspecified atom stereocenters. The second kappa shape index (κ2) is 3.64. The fourth-order valence-electron chi connectivity index (χ4n) is 1.53. The molecule has 1 aromatic rings. The molecule has 0 amide bonds. The first-order valence-electron chi connectivity index (χ1n) is 4.56. The highest BCUT2D eigenvalue weighted by molar-refractivity contribution is 5.41. The molecule has 2 nitrogen and oxygen atoms in total. The Morgan fingerprint density at radius 3 is 2.80 bits per heavy atom. The van der Waals surface area contributed by atoms with Crippen molar-refractivity contribution in [2.75, 3.05) is 6.61 Å². The third kappa shape index (κ3) is 2.55. The predicted octanol–water partition coefficient (Wildman–Crippen LogP) is 2.91. The van der Waals surface area contributed by atoms with E-state index in [1.807, 2.05) is 0 Å². The van der Waals surface area contributed by atoms with Crippen molar-refractivity contribution < 1.29 is 22.6 Å². The van der Waals surface area contributed by atoms with Gasteiger partial charge >= 0.3 is 6.36 Å². The maximum atomic E-state index is 11.9. The molecule has 1 aromatic carbocycles. The van der Waals surface area contributed by atoms with Gasteiger partial charge in [-0.05, 0) is 36.6 Å². The highest BCUT2D eigenvalue weighted by Crippen LogP contribution is 2.31. The molecule has 0 fully saturated rings. The van der Waals surface area contributed by atoms with Crippen LogP contribution >= 0.6 is 0 Å². The highest BCUT2D eigenvalue weighted by atomic mass is 19.4. The van der Waals surface area contributed by atoms with Crippen LogP contribution in [0.15, 0.2) is 18.2 Å². The number of alkyl halides is 3. The van der Waals surface area contributed by atoms with Crippen molar-refractivity contribution in [3.63, 3.8) is 0 Å². The zero-order valence-electron chi connectivity index (χ0n) is 7.80. The quantitative estimate of drug-likeness (QED) is 0.721.